The summed E-state index contributed by atoms with van der Waals surface area (Å²) in [6.07, 6.45) is 2.96. The Morgan fingerprint density at radius 3 is 2.50 bits per heavy atom. The first-order chi connectivity index (χ1) is 7.36. The van der Waals surface area contributed by atoms with Crippen molar-refractivity contribution in [2.75, 3.05) is 27.2 Å². The molecule has 1 heterocycles. The molecule has 0 aromatic carbocycles. The third-order valence-electron chi connectivity index (χ3n) is 4.33. The van der Waals surface area contributed by atoms with Crippen LogP contribution in [-0.4, -0.2) is 43.9 Å². The zero-order chi connectivity index (χ0) is 12.3. The molecule has 1 rings (SSSR count). The van der Waals surface area contributed by atoms with Gasteiger partial charge in [-0.1, -0.05) is 20.3 Å². The number of nitrogens with two attached hydrogens (primary N) is 1. The second-order valence-corrected chi connectivity index (χ2v) is 6.22. The van der Waals surface area contributed by atoms with Gasteiger partial charge in [-0.05, 0) is 18.3 Å². The van der Waals surface area contributed by atoms with Gasteiger partial charge in [0.15, 0.2) is 0 Å². The van der Waals surface area contributed by atoms with Gasteiger partial charge in [0.1, 0.15) is 6.17 Å². The maximum atomic E-state index is 6.39. The number of rotatable bonds is 1. The fourth-order valence-corrected chi connectivity index (χ4v) is 2.71. The van der Waals surface area contributed by atoms with Crippen molar-refractivity contribution in [1.82, 2.24) is 5.32 Å². The molecular weight excluding hydrogens is 198 g/mol. The Labute approximate surface area is 101 Å². The summed E-state index contributed by atoms with van der Waals surface area (Å²) in [7, 11) is 4.56. The molecule has 16 heavy (non-hydrogen) atoms. The molecule has 3 heteroatoms. The zero-order valence-electron chi connectivity index (χ0n) is 11.7. The van der Waals surface area contributed by atoms with E-state index in [-0.39, 0.29) is 0 Å². The summed E-state index contributed by atoms with van der Waals surface area (Å²) in [5.74, 6) is 1.41. The van der Waals surface area contributed by atoms with Crippen LogP contribution in [0.3, 0.4) is 0 Å². The van der Waals surface area contributed by atoms with Gasteiger partial charge in [-0.2, -0.15) is 0 Å². The molecule has 1 aliphatic rings. The van der Waals surface area contributed by atoms with E-state index in [1.54, 1.807) is 0 Å². The smallest absolute Gasteiger partial charge is 0.139 e. The van der Waals surface area contributed by atoms with Gasteiger partial charge in [-0.15, -0.1) is 0 Å². The lowest BCUT2D eigenvalue weighted by atomic mass is 9.88. The largest absolute Gasteiger partial charge is 0.323 e. The normalized spacial score (nSPS) is 40.9. The molecule has 0 spiro atoms. The number of quaternary nitrogens is 1. The Morgan fingerprint density at radius 1 is 1.31 bits per heavy atom. The minimum atomic E-state index is 0.338. The van der Waals surface area contributed by atoms with E-state index in [4.69, 9.17) is 5.73 Å². The average molecular weight is 228 g/mol. The Balaban J connectivity index is 2.78. The summed E-state index contributed by atoms with van der Waals surface area (Å²) in [6, 6.07) is 0.338. The van der Waals surface area contributed by atoms with E-state index < -0.39 is 0 Å². The highest BCUT2D eigenvalue weighted by Gasteiger charge is 2.32. The van der Waals surface area contributed by atoms with Crippen LogP contribution in [0.2, 0.25) is 0 Å². The van der Waals surface area contributed by atoms with Gasteiger partial charge < -0.3 is 10.2 Å². The van der Waals surface area contributed by atoms with Crippen LogP contribution in [-0.2, 0) is 0 Å². The highest BCUT2D eigenvalue weighted by molar-refractivity contribution is 4.77. The summed E-state index contributed by atoms with van der Waals surface area (Å²) in [6.45, 7) is 9.06. The second kappa shape index (κ2) is 5.48. The maximum Gasteiger partial charge on any atom is 0.139 e. The van der Waals surface area contributed by atoms with Crippen molar-refractivity contribution in [3.8, 4) is 0 Å². The fraction of sp³-hybridized carbons (Fsp3) is 1.00. The molecule has 0 bridgehead atoms. The quantitative estimate of drug-likeness (QED) is 0.666. The molecule has 0 aromatic rings. The molecule has 1 saturated heterocycles. The lowest BCUT2D eigenvalue weighted by molar-refractivity contribution is -0.917. The van der Waals surface area contributed by atoms with Gasteiger partial charge in [0.25, 0.3) is 0 Å². The van der Waals surface area contributed by atoms with Crippen LogP contribution in [0, 0.1) is 11.8 Å². The van der Waals surface area contributed by atoms with Crippen molar-refractivity contribution in [2.45, 2.75) is 45.8 Å². The minimum absolute atomic E-state index is 0.338. The van der Waals surface area contributed by atoms with Crippen LogP contribution < -0.4 is 11.1 Å². The number of hydrogen-bond donors (Lipinski definition) is 2. The Bertz CT molecular complexity index is 215. The van der Waals surface area contributed by atoms with Gasteiger partial charge in [0.05, 0.1) is 26.7 Å². The van der Waals surface area contributed by atoms with Crippen LogP contribution in [0.25, 0.3) is 0 Å². The minimum Gasteiger partial charge on any atom is -0.323 e. The summed E-state index contributed by atoms with van der Waals surface area (Å²) < 4.78 is 0.977. The van der Waals surface area contributed by atoms with Crippen LogP contribution in [0.5, 0.6) is 0 Å². The molecule has 0 radical (unpaired) electrons. The molecule has 1 aliphatic heterocycles. The molecule has 0 saturated carbocycles. The van der Waals surface area contributed by atoms with E-state index in [9.17, 15) is 0 Å². The standard InChI is InChI=1S/C13H30N3/c1-6-12-7-10(2)8-15-11(3)16(4,5)9-13(12)14/h10-13,15H,6-9,14H2,1-5H3/q+1. The molecule has 0 amide bonds. The van der Waals surface area contributed by atoms with Crippen molar-refractivity contribution >= 4 is 0 Å². The lowest BCUT2D eigenvalue weighted by Crippen LogP contribution is -2.59. The summed E-state index contributed by atoms with van der Waals surface area (Å²) in [5.41, 5.74) is 6.39. The van der Waals surface area contributed by atoms with Crippen LogP contribution in [0.4, 0.5) is 0 Å². The molecule has 4 atom stereocenters. The van der Waals surface area contributed by atoms with E-state index in [1.165, 1.54) is 12.8 Å². The van der Waals surface area contributed by atoms with E-state index in [1.807, 2.05) is 0 Å². The van der Waals surface area contributed by atoms with Gasteiger partial charge in [0.2, 0.25) is 0 Å². The second-order valence-electron chi connectivity index (χ2n) is 6.22. The van der Waals surface area contributed by atoms with Crippen molar-refractivity contribution in [1.29, 1.82) is 0 Å². The van der Waals surface area contributed by atoms with Gasteiger partial charge in [-0.3, -0.25) is 5.32 Å². The fourth-order valence-electron chi connectivity index (χ4n) is 2.71. The predicted octanol–water partition coefficient (Wildman–Crippen LogP) is 1.39. The van der Waals surface area contributed by atoms with E-state index in [2.05, 4.69) is 40.2 Å². The molecule has 3 nitrogen and oxygen atoms in total. The lowest BCUT2D eigenvalue weighted by Gasteiger charge is -2.38. The maximum absolute atomic E-state index is 6.39. The first-order valence-corrected chi connectivity index (χ1v) is 6.68. The first kappa shape index (κ1) is 13.9. The SMILES string of the molecule is CCC1CC(C)CNC(C)[N+](C)(C)CC1N. The van der Waals surface area contributed by atoms with E-state index in [0.29, 0.717) is 18.1 Å². The van der Waals surface area contributed by atoms with Crippen molar-refractivity contribution in [2.24, 2.45) is 17.6 Å². The molecule has 4 unspecified atom stereocenters. The molecule has 1 fully saturated rings. The number of nitrogens with one attached hydrogen (secondary N) is 1. The molecule has 96 valence electrons. The Kier molecular flexibility index (Phi) is 4.77. The topological polar surface area (TPSA) is 38.0 Å². The number of nitrogens with zero attached hydrogens (tertiary/aromatic N) is 1. The monoisotopic (exact) mass is 228 g/mol. The van der Waals surface area contributed by atoms with Crippen molar-refractivity contribution in [3.05, 3.63) is 0 Å². The average Bonchev–Trinajstić information content (AvgIpc) is 2.23. The van der Waals surface area contributed by atoms with Gasteiger partial charge in [0, 0.05) is 13.5 Å². The van der Waals surface area contributed by atoms with Gasteiger partial charge >= 0.3 is 0 Å². The Hall–Kier alpha value is -0.120. The van der Waals surface area contributed by atoms with Crippen LogP contribution in [0.15, 0.2) is 0 Å². The van der Waals surface area contributed by atoms with E-state index >= 15 is 0 Å². The number of likely N-dealkylation sites (N-methyl/N-ethyl adjacent to an activating group) is 1. The third kappa shape index (κ3) is 3.44. The third-order valence-corrected chi connectivity index (χ3v) is 4.33. The van der Waals surface area contributed by atoms with Crippen LogP contribution in [0.1, 0.15) is 33.6 Å². The molecular formula is C13H30N3+. The van der Waals surface area contributed by atoms with Gasteiger partial charge in [-0.25, -0.2) is 0 Å². The van der Waals surface area contributed by atoms with E-state index in [0.717, 1.165) is 23.5 Å². The zero-order valence-corrected chi connectivity index (χ0v) is 11.7. The molecule has 3 N–H and O–H groups in total. The van der Waals surface area contributed by atoms with Crippen molar-refractivity contribution < 1.29 is 4.48 Å². The summed E-state index contributed by atoms with van der Waals surface area (Å²) in [4.78, 5) is 0. The highest BCUT2D eigenvalue weighted by atomic mass is 15.4. The highest BCUT2D eigenvalue weighted by Crippen LogP contribution is 2.22. The molecule has 0 aromatic heterocycles. The van der Waals surface area contributed by atoms with Crippen LogP contribution >= 0.6 is 0 Å². The Morgan fingerprint density at radius 2 is 1.94 bits per heavy atom. The summed E-state index contributed by atoms with van der Waals surface area (Å²) in [5, 5.41) is 3.65. The predicted molar refractivity (Wildman–Crippen MR) is 70.0 cm³/mol. The first-order valence-electron chi connectivity index (χ1n) is 6.68. The van der Waals surface area contributed by atoms with Crippen molar-refractivity contribution in [3.63, 3.8) is 0 Å². The molecule has 0 aliphatic carbocycles. The number of hydrogen-bond acceptors (Lipinski definition) is 2. The summed E-state index contributed by atoms with van der Waals surface area (Å²) >= 11 is 0.